The van der Waals surface area contributed by atoms with Gasteiger partial charge in [0, 0.05) is 23.9 Å². The van der Waals surface area contributed by atoms with Crippen LogP contribution in [-0.2, 0) is 16.9 Å². The van der Waals surface area contributed by atoms with E-state index in [9.17, 15) is 10.1 Å². The van der Waals surface area contributed by atoms with Crippen LogP contribution in [0.2, 0.25) is 0 Å². The van der Waals surface area contributed by atoms with Gasteiger partial charge in [0.1, 0.15) is 5.75 Å². The Morgan fingerprint density at radius 3 is 2.79 bits per heavy atom. The predicted octanol–water partition coefficient (Wildman–Crippen LogP) is 4.75. The van der Waals surface area contributed by atoms with Crippen molar-refractivity contribution in [3.8, 4) is 11.6 Å². The topological polar surface area (TPSA) is 99.4 Å². The van der Waals surface area contributed by atoms with Crippen molar-refractivity contribution in [1.29, 1.82) is 0 Å². The number of rotatable bonds is 5. The fourth-order valence-electron chi connectivity index (χ4n) is 3.70. The lowest BCUT2D eigenvalue weighted by Gasteiger charge is -2.15. The molecular weight excluding hydrogens is 372 g/mol. The monoisotopic (exact) mass is 390 g/mol. The van der Waals surface area contributed by atoms with Crippen molar-refractivity contribution in [2.75, 3.05) is 5.32 Å². The van der Waals surface area contributed by atoms with Crippen molar-refractivity contribution in [2.24, 2.45) is 0 Å². The summed E-state index contributed by atoms with van der Waals surface area (Å²) in [6, 6.07) is 10.4. The minimum atomic E-state index is -0.478. The first-order chi connectivity index (χ1) is 14.1. The maximum Gasteiger partial charge on any atom is 0.311 e. The van der Waals surface area contributed by atoms with Gasteiger partial charge in [0.25, 0.3) is 0 Å². The molecule has 146 valence electrons. The molecular formula is C21H18N4O4. The van der Waals surface area contributed by atoms with Crippen LogP contribution in [0, 0.1) is 17.0 Å². The first kappa shape index (κ1) is 17.6. The van der Waals surface area contributed by atoms with Gasteiger partial charge in [-0.1, -0.05) is 6.07 Å². The highest BCUT2D eigenvalue weighted by Crippen LogP contribution is 2.58. The van der Waals surface area contributed by atoms with Crippen LogP contribution in [0.15, 0.2) is 48.8 Å². The summed E-state index contributed by atoms with van der Waals surface area (Å²) >= 11 is 0. The van der Waals surface area contributed by atoms with Crippen LogP contribution in [-0.4, -0.2) is 14.9 Å². The number of benzene rings is 1. The summed E-state index contributed by atoms with van der Waals surface area (Å²) in [5, 5.41) is 14.0. The zero-order chi connectivity index (χ0) is 20.0. The Hall–Kier alpha value is -3.52. The van der Waals surface area contributed by atoms with Crippen molar-refractivity contribution < 1.29 is 14.4 Å². The number of pyridine rings is 2. The Kier molecular flexibility index (Phi) is 3.95. The van der Waals surface area contributed by atoms with Crippen molar-refractivity contribution in [3.05, 3.63) is 75.6 Å². The number of nitrogens with one attached hydrogen (secondary N) is 1. The molecule has 5 rings (SSSR count). The minimum Gasteiger partial charge on any atom is -0.439 e. The summed E-state index contributed by atoms with van der Waals surface area (Å²) in [4.78, 5) is 19.0. The van der Waals surface area contributed by atoms with Crippen molar-refractivity contribution >= 4 is 17.2 Å². The molecule has 8 nitrogen and oxygen atoms in total. The third kappa shape index (κ3) is 3.07. The summed E-state index contributed by atoms with van der Waals surface area (Å²) in [7, 11) is 0. The molecule has 0 atom stereocenters. The quantitative estimate of drug-likeness (QED) is 0.496. The number of fused-ring (bicyclic) bond motifs is 2. The highest BCUT2D eigenvalue weighted by Gasteiger charge is 2.53. The largest absolute Gasteiger partial charge is 0.439 e. The maximum absolute atomic E-state index is 11.1. The van der Waals surface area contributed by atoms with E-state index in [2.05, 4.69) is 22.2 Å². The molecule has 0 amide bonds. The molecule has 1 saturated carbocycles. The second kappa shape index (κ2) is 6.52. The third-order valence-electron chi connectivity index (χ3n) is 5.36. The third-order valence-corrected chi connectivity index (χ3v) is 5.36. The molecule has 1 aromatic carbocycles. The van der Waals surface area contributed by atoms with Crippen molar-refractivity contribution in [1.82, 2.24) is 9.97 Å². The van der Waals surface area contributed by atoms with E-state index in [-0.39, 0.29) is 17.1 Å². The van der Waals surface area contributed by atoms with Crippen LogP contribution in [0.4, 0.5) is 17.2 Å². The highest BCUT2D eigenvalue weighted by molar-refractivity contribution is 5.64. The molecule has 0 radical (unpaired) electrons. The zero-order valence-electron chi connectivity index (χ0n) is 15.7. The average Bonchev–Trinajstić information content (AvgIpc) is 3.39. The summed E-state index contributed by atoms with van der Waals surface area (Å²) in [6.45, 7) is 2.71. The van der Waals surface area contributed by atoms with Crippen LogP contribution in [0.25, 0.3) is 0 Å². The van der Waals surface area contributed by atoms with Gasteiger partial charge in [-0.2, -0.15) is 0 Å². The number of nitro groups is 1. The standard InChI is InChI=1S/C21H18N4O4/c1-13-4-6-17(19-15(13)12-28-21(19)8-9-21)29-18-7-5-14(11-23-18)24-20-16(25(26)27)3-2-10-22-20/h2-7,10-11H,8-9,12H2,1H3,(H,22,24). The molecule has 2 aliphatic rings. The van der Waals surface area contributed by atoms with Crippen LogP contribution in [0.5, 0.6) is 11.6 Å². The number of aromatic nitrogens is 2. The molecule has 1 aliphatic carbocycles. The van der Waals surface area contributed by atoms with Crippen molar-refractivity contribution in [3.63, 3.8) is 0 Å². The second-order valence-electron chi connectivity index (χ2n) is 7.26. The molecule has 1 N–H and O–H groups in total. The minimum absolute atomic E-state index is 0.0993. The summed E-state index contributed by atoms with van der Waals surface area (Å²) in [5.74, 6) is 1.38. The summed E-state index contributed by atoms with van der Waals surface area (Å²) < 4.78 is 12.1. The fraction of sp³-hybridized carbons (Fsp3) is 0.238. The number of nitrogens with zero attached hydrogens (tertiary/aromatic N) is 3. The Bertz CT molecular complexity index is 1110. The van der Waals surface area contributed by atoms with Gasteiger partial charge >= 0.3 is 5.69 Å². The zero-order valence-corrected chi connectivity index (χ0v) is 15.7. The van der Waals surface area contributed by atoms with Gasteiger partial charge in [-0.25, -0.2) is 9.97 Å². The molecule has 1 fully saturated rings. The smallest absolute Gasteiger partial charge is 0.311 e. The molecule has 3 heterocycles. The Balaban J connectivity index is 1.38. The number of hydrogen-bond donors (Lipinski definition) is 1. The molecule has 0 unspecified atom stereocenters. The van der Waals surface area contributed by atoms with Crippen molar-refractivity contribution in [2.45, 2.75) is 32.0 Å². The normalized spacial score (nSPS) is 15.8. The van der Waals surface area contributed by atoms with E-state index in [1.54, 1.807) is 18.3 Å². The molecule has 3 aromatic rings. The molecule has 8 heteroatoms. The van der Waals surface area contributed by atoms with Gasteiger partial charge in [0.2, 0.25) is 11.7 Å². The first-order valence-electron chi connectivity index (χ1n) is 9.33. The number of ether oxygens (including phenoxy) is 2. The van der Waals surface area contributed by atoms with E-state index in [4.69, 9.17) is 9.47 Å². The van der Waals surface area contributed by atoms with Crippen LogP contribution < -0.4 is 10.1 Å². The van der Waals surface area contributed by atoms with E-state index in [1.165, 1.54) is 29.5 Å². The van der Waals surface area contributed by atoms with E-state index < -0.39 is 4.92 Å². The Morgan fingerprint density at radius 2 is 2.07 bits per heavy atom. The predicted molar refractivity (Wildman–Crippen MR) is 105 cm³/mol. The lowest BCUT2D eigenvalue weighted by molar-refractivity contribution is -0.384. The summed E-state index contributed by atoms with van der Waals surface area (Å²) in [6.07, 6.45) is 5.08. The SMILES string of the molecule is Cc1ccc(Oc2ccc(Nc3ncccc3[N+](=O)[O-])cn2)c2c1COC21CC1. The van der Waals surface area contributed by atoms with Crippen LogP contribution in [0.3, 0.4) is 0 Å². The maximum atomic E-state index is 11.1. The second-order valence-corrected chi connectivity index (χ2v) is 7.26. The van der Waals surface area contributed by atoms with Crippen LogP contribution in [0.1, 0.15) is 29.5 Å². The molecule has 0 bridgehead atoms. The molecule has 1 aliphatic heterocycles. The fourth-order valence-corrected chi connectivity index (χ4v) is 3.70. The molecule has 29 heavy (non-hydrogen) atoms. The lowest BCUT2D eigenvalue weighted by atomic mass is 9.98. The molecule has 0 saturated heterocycles. The Labute approximate surface area is 166 Å². The summed E-state index contributed by atoms with van der Waals surface area (Å²) in [5.41, 5.74) is 3.86. The average molecular weight is 390 g/mol. The van der Waals surface area contributed by atoms with Gasteiger partial charge in [-0.15, -0.1) is 0 Å². The molecule has 1 spiro atoms. The van der Waals surface area contributed by atoms with Gasteiger partial charge in [-0.05, 0) is 49.1 Å². The van der Waals surface area contributed by atoms with Gasteiger partial charge in [0.15, 0.2) is 0 Å². The van der Waals surface area contributed by atoms with Gasteiger partial charge < -0.3 is 14.8 Å². The van der Waals surface area contributed by atoms with E-state index in [0.29, 0.717) is 18.2 Å². The highest BCUT2D eigenvalue weighted by atomic mass is 16.6. The number of aryl methyl sites for hydroxylation is 1. The lowest BCUT2D eigenvalue weighted by Crippen LogP contribution is -2.05. The molecule has 2 aromatic heterocycles. The Morgan fingerprint density at radius 1 is 1.21 bits per heavy atom. The van der Waals surface area contributed by atoms with Crippen LogP contribution >= 0.6 is 0 Å². The first-order valence-corrected chi connectivity index (χ1v) is 9.33. The van der Waals surface area contributed by atoms with E-state index in [1.807, 2.05) is 12.1 Å². The van der Waals surface area contributed by atoms with Gasteiger partial charge in [-0.3, -0.25) is 10.1 Å². The number of hydrogen-bond acceptors (Lipinski definition) is 7. The number of anilines is 2. The van der Waals surface area contributed by atoms with E-state index in [0.717, 1.165) is 24.2 Å². The van der Waals surface area contributed by atoms with E-state index >= 15 is 0 Å². The van der Waals surface area contributed by atoms with Gasteiger partial charge in [0.05, 0.1) is 29.0 Å².